The lowest BCUT2D eigenvalue weighted by Gasteiger charge is -2.38. The van der Waals surface area contributed by atoms with Crippen LogP contribution in [0.2, 0.25) is 0 Å². The molecule has 12 heteroatoms. The number of ketones is 2. The molecule has 1 saturated carbocycles. The fourth-order valence-electron chi connectivity index (χ4n) is 6.37. The topological polar surface area (TPSA) is 167 Å². The highest BCUT2D eigenvalue weighted by atomic mass is 16.2. The number of likely N-dealkylation sites (tertiary alicyclic amines) is 1. The number of fused-ring (bicyclic) bond motifs is 1. The van der Waals surface area contributed by atoms with Crippen molar-refractivity contribution in [3.63, 3.8) is 0 Å². The summed E-state index contributed by atoms with van der Waals surface area (Å²) in [5, 5.41) is 10.8. The van der Waals surface area contributed by atoms with E-state index in [4.69, 9.17) is 0 Å². The van der Waals surface area contributed by atoms with Gasteiger partial charge in [-0.05, 0) is 47.1 Å². The van der Waals surface area contributed by atoms with Crippen LogP contribution in [0, 0.1) is 28.6 Å². The van der Waals surface area contributed by atoms with Crippen molar-refractivity contribution in [3.8, 4) is 0 Å². The summed E-state index contributed by atoms with van der Waals surface area (Å²) in [5.41, 5.74) is -0.751. The molecule has 3 rings (SSSR count). The van der Waals surface area contributed by atoms with Crippen molar-refractivity contribution in [3.05, 3.63) is 42.7 Å². The van der Waals surface area contributed by atoms with Crippen LogP contribution in [-0.2, 0) is 19.2 Å². The lowest BCUT2D eigenvalue weighted by atomic mass is 9.85. The number of nitrogens with zero attached hydrogens (tertiary/aromatic N) is 2. The Morgan fingerprint density at radius 3 is 2.30 bits per heavy atom. The molecule has 2 fully saturated rings. The Morgan fingerprint density at radius 1 is 1.09 bits per heavy atom. The van der Waals surface area contributed by atoms with E-state index in [0.29, 0.717) is 13.0 Å². The van der Waals surface area contributed by atoms with Crippen LogP contribution in [0.15, 0.2) is 37.1 Å². The second kappa shape index (κ2) is 14.6. The molecule has 12 nitrogen and oxygen atoms in total. The second-order valence-corrected chi connectivity index (χ2v) is 14.3. The van der Waals surface area contributed by atoms with E-state index < -0.39 is 59.1 Å². The number of nitrogens with one attached hydrogen (secondary N) is 4. The average molecular weight is 639 g/mol. The zero-order valence-corrected chi connectivity index (χ0v) is 28.3. The minimum absolute atomic E-state index is 0.0548. The van der Waals surface area contributed by atoms with Crippen LogP contribution in [0.25, 0.3) is 0 Å². The summed E-state index contributed by atoms with van der Waals surface area (Å²) < 4.78 is 0. The van der Waals surface area contributed by atoms with Crippen molar-refractivity contribution in [2.45, 2.75) is 92.4 Å². The highest BCUT2D eigenvalue weighted by Crippen LogP contribution is 2.65. The normalized spacial score (nSPS) is 21.7. The van der Waals surface area contributed by atoms with Gasteiger partial charge < -0.3 is 26.2 Å². The SMILES string of the molecule is C=CCNC(=O)C(=O)C(CCC)NC(=O)C1[C@@H]2[C@H](CN1C(=O)C(NC(=O)NC(C(=O)c1ccccn1)C(C)C)C(C)(C)C)C2(C)C. The van der Waals surface area contributed by atoms with Gasteiger partial charge in [0.15, 0.2) is 0 Å². The number of aromatic nitrogens is 1. The maximum absolute atomic E-state index is 14.3. The van der Waals surface area contributed by atoms with Crippen LogP contribution in [0.1, 0.15) is 78.7 Å². The number of hydrogen-bond donors (Lipinski definition) is 4. The van der Waals surface area contributed by atoms with Gasteiger partial charge in [-0.15, -0.1) is 6.58 Å². The Morgan fingerprint density at radius 2 is 1.76 bits per heavy atom. The Hall–Kier alpha value is -4.09. The van der Waals surface area contributed by atoms with E-state index in [-0.39, 0.29) is 47.6 Å². The van der Waals surface area contributed by atoms with Gasteiger partial charge in [0.1, 0.15) is 17.8 Å². The molecule has 0 radical (unpaired) electrons. The fraction of sp³-hybridized carbons (Fsp3) is 0.618. The standard InChI is InChI=1S/C34H50N6O6/c1-10-14-22(27(42)30(44)36-16-11-2)37-29(43)25-23-20(34(23,8)9)18-40(25)31(45)28(33(5,6)7)39-32(46)38-24(19(3)4)26(41)21-15-12-13-17-35-21/h11-13,15,17,19-20,22-25,28H,2,10,14,16,18H2,1,3-9H3,(H,36,44)(H,37,43)(H2,38,39,46)/t20-,22?,23-,24?,25?,28?/m0/s1. The number of hydrogen-bond acceptors (Lipinski definition) is 7. The van der Waals surface area contributed by atoms with Crippen molar-refractivity contribution in [1.29, 1.82) is 0 Å². The molecule has 0 aromatic carbocycles. The number of urea groups is 1. The van der Waals surface area contributed by atoms with Crippen LogP contribution in [0.5, 0.6) is 0 Å². The summed E-state index contributed by atoms with van der Waals surface area (Å²) >= 11 is 0. The number of pyridine rings is 1. The second-order valence-electron chi connectivity index (χ2n) is 14.3. The predicted octanol–water partition coefficient (Wildman–Crippen LogP) is 2.64. The molecule has 0 spiro atoms. The lowest BCUT2D eigenvalue weighted by Crippen LogP contribution is -2.62. The molecule has 1 aliphatic heterocycles. The molecular formula is C34H50N6O6. The van der Waals surface area contributed by atoms with E-state index in [1.165, 1.54) is 17.2 Å². The minimum Gasteiger partial charge on any atom is -0.346 e. The predicted molar refractivity (Wildman–Crippen MR) is 173 cm³/mol. The Labute approximate surface area is 271 Å². The number of Topliss-reactive ketones (excluding diaryl/α,β-unsaturated/α-hetero) is 2. The van der Waals surface area contributed by atoms with Crippen molar-refractivity contribution in [2.24, 2.45) is 28.6 Å². The average Bonchev–Trinajstić information content (AvgIpc) is 3.30. The zero-order chi connectivity index (χ0) is 34.6. The highest BCUT2D eigenvalue weighted by Gasteiger charge is 2.70. The van der Waals surface area contributed by atoms with Gasteiger partial charge in [-0.25, -0.2) is 4.79 Å². The molecule has 1 saturated heterocycles. The lowest BCUT2D eigenvalue weighted by molar-refractivity contribution is -0.145. The first-order chi connectivity index (χ1) is 21.5. The van der Waals surface area contributed by atoms with Gasteiger partial charge >= 0.3 is 6.03 Å². The van der Waals surface area contributed by atoms with Crippen molar-refractivity contribution < 1.29 is 28.8 Å². The van der Waals surface area contributed by atoms with Crippen LogP contribution in [-0.4, -0.2) is 82.5 Å². The summed E-state index contributed by atoms with van der Waals surface area (Å²) in [5.74, 6) is -3.23. The molecule has 252 valence electrons. The van der Waals surface area contributed by atoms with E-state index >= 15 is 0 Å². The minimum atomic E-state index is -1.05. The summed E-state index contributed by atoms with van der Waals surface area (Å²) in [6, 6.07) is 0.406. The van der Waals surface area contributed by atoms with E-state index in [9.17, 15) is 28.8 Å². The van der Waals surface area contributed by atoms with Gasteiger partial charge in [-0.1, -0.05) is 74.0 Å². The molecule has 2 aliphatic rings. The first-order valence-corrected chi connectivity index (χ1v) is 16.0. The first-order valence-electron chi connectivity index (χ1n) is 16.0. The summed E-state index contributed by atoms with van der Waals surface area (Å²) in [7, 11) is 0. The molecule has 0 bridgehead atoms. The quantitative estimate of drug-likeness (QED) is 0.138. The van der Waals surface area contributed by atoms with Crippen LogP contribution >= 0.6 is 0 Å². The maximum Gasteiger partial charge on any atom is 0.316 e. The summed E-state index contributed by atoms with van der Waals surface area (Å²) in [6.45, 7) is 18.9. The third-order valence-electron chi connectivity index (χ3n) is 9.14. The van der Waals surface area contributed by atoms with Gasteiger partial charge in [-0.2, -0.15) is 0 Å². The van der Waals surface area contributed by atoms with Gasteiger partial charge in [-0.3, -0.25) is 29.0 Å². The van der Waals surface area contributed by atoms with Crippen molar-refractivity contribution in [1.82, 2.24) is 31.2 Å². The molecule has 2 heterocycles. The Kier molecular flexibility index (Phi) is 11.5. The Bertz CT molecular complexity index is 1340. The number of carbonyl (C=O) groups excluding carboxylic acids is 6. The van der Waals surface area contributed by atoms with E-state index in [0.717, 1.165) is 0 Å². The maximum atomic E-state index is 14.3. The van der Waals surface area contributed by atoms with Gasteiger partial charge in [0.2, 0.25) is 23.4 Å². The van der Waals surface area contributed by atoms with Gasteiger partial charge in [0, 0.05) is 19.3 Å². The number of carbonyl (C=O) groups is 6. The molecule has 1 aromatic heterocycles. The smallest absolute Gasteiger partial charge is 0.316 e. The number of piperidine rings is 1. The molecular weight excluding hydrogens is 588 g/mol. The van der Waals surface area contributed by atoms with Crippen LogP contribution < -0.4 is 21.3 Å². The first kappa shape index (κ1) is 36.4. The number of rotatable bonds is 14. The molecule has 1 aromatic rings. The third-order valence-corrected chi connectivity index (χ3v) is 9.14. The molecule has 4 unspecified atom stereocenters. The van der Waals surface area contributed by atoms with E-state index in [1.54, 1.807) is 32.0 Å². The monoisotopic (exact) mass is 638 g/mol. The fourth-order valence-corrected chi connectivity index (χ4v) is 6.37. The van der Waals surface area contributed by atoms with Gasteiger partial charge in [0.05, 0.1) is 12.1 Å². The molecule has 6 atom stereocenters. The molecule has 46 heavy (non-hydrogen) atoms. The highest BCUT2D eigenvalue weighted by molar-refractivity contribution is 6.38. The number of amides is 5. The van der Waals surface area contributed by atoms with Crippen molar-refractivity contribution in [2.75, 3.05) is 13.1 Å². The molecule has 4 N–H and O–H groups in total. The summed E-state index contributed by atoms with van der Waals surface area (Å²) in [4.78, 5) is 85.6. The largest absolute Gasteiger partial charge is 0.346 e. The van der Waals surface area contributed by atoms with E-state index in [2.05, 4.69) is 32.8 Å². The molecule has 1 aliphatic carbocycles. The van der Waals surface area contributed by atoms with Crippen LogP contribution in [0.4, 0.5) is 4.79 Å². The Balaban J connectivity index is 1.82. The third kappa shape index (κ3) is 8.00. The van der Waals surface area contributed by atoms with Gasteiger partial charge in [0.25, 0.3) is 5.91 Å². The van der Waals surface area contributed by atoms with E-state index in [1.807, 2.05) is 41.5 Å². The molecule has 5 amide bonds. The van der Waals surface area contributed by atoms with Crippen molar-refractivity contribution >= 4 is 35.3 Å². The zero-order valence-electron chi connectivity index (χ0n) is 28.3. The van der Waals surface area contributed by atoms with Crippen LogP contribution in [0.3, 0.4) is 0 Å². The summed E-state index contributed by atoms with van der Waals surface area (Å²) in [6.07, 6.45) is 3.76.